The zero-order valence-corrected chi connectivity index (χ0v) is 16.8. The fraction of sp³-hybridized carbons (Fsp3) is 0.600. The van der Waals surface area contributed by atoms with E-state index in [0.717, 1.165) is 19.3 Å². The van der Waals surface area contributed by atoms with Gasteiger partial charge in [0.2, 0.25) is 21.8 Å². The van der Waals surface area contributed by atoms with E-state index in [9.17, 15) is 18.0 Å². The van der Waals surface area contributed by atoms with Gasteiger partial charge >= 0.3 is 0 Å². The van der Waals surface area contributed by atoms with Gasteiger partial charge in [0.15, 0.2) is 0 Å². The monoisotopic (exact) mass is 405 g/mol. The van der Waals surface area contributed by atoms with Crippen LogP contribution in [0.2, 0.25) is 0 Å². The molecule has 1 aromatic carbocycles. The van der Waals surface area contributed by atoms with E-state index < -0.39 is 10.0 Å². The summed E-state index contributed by atoms with van der Waals surface area (Å²) in [5.74, 6) is 1.74. The number of carbonyl (C=O) groups excluding carboxylic acids is 2. The molecule has 0 unspecified atom stereocenters. The normalized spacial score (nSPS) is 30.8. The van der Waals surface area contributed by atoms with Gasteiger partial charge in [0.05, 0.1) is 11.4 Å². The highest BCUT2D eigenvalue weighted by atomic mass is 32.2. The predicted molar refractivity (Wildman–Crippen MR) is 105 cm³/mol. The number of carbonyl (C=O) groups is 2. The number of rotatable bonds is 6. The van der Waals surface area contributed by atoms with Crippen molar-refractivity contribution in [2.24, 2.45) is 23.2 Å². The number of amides is 2. The van der Waals surface area contributed by atoms with E-state index in [1.54, 1.807) is 0 Å². The van der Waals surface area contributed by atoms with Crippen LogP contribution in [0.15, 0.2) is 29.2 Å². The molecule has 1 aromatic rings. The highest BCUT2D eigenvalue weighted by molar-refractivity contribution is 7.89. The Hall–Kier alpha value is -1.93. The van der Waals surface area contributed by atoms with E-state index in [2.05, 4.69) is 15.4 Å². The summed E-state index contributed by atoms with van der Waals surface area (Å²) >= 11 is 0. The number of sulfonamides is 1. The van der Waals surface area contributed by atoms with Gasteiger partial charge < -0.3 is 10.6 Å². The van der Waals surface area contributed by atoms with E-state index in [-0.39, 0.29) is 28.7 Å². The summed E-state index contributed by atoms with van der Waals surface area (Å²) in [6.07, 6.45) is 6.71. The minimum absolute atomic E-state index is 0.0252. The van der Waals surface area contributed by atoms with E-state index in [0.29, 0.717) is 23.4 Å². The first kappa shape index (κ1) is 19.4. The Balaban J connectivity index is 1.32. The summed E-state index contributed by atoms with van der Waals surface area (Å²) in [7, 11) is -2.16. The lowest BCUT2D eigenvalue weighted by Gasteiger charge is -2.55. The van der Waals surface area contributed by atoms with E-state index in [4.69, 9.17) is 0 Å². The second-order valence-corrected chi connectivity index (χ2v) is 10.5. The van der Waals surface area contributed by atoms with Crippen LogP contribution in [0, 0.1) is 23.2 Å². The van der Waals surface area contributed by atoms with Gasteiger partial charge in [-0.1, -0.05) is 0 Å². The molecule has 0 aromatic heterocycles. The first-order valence-electron chi connectivity index (χ1n) is 9.91. The van der Waals surface area contributed by atoms with Crippen LogP contribution < -0.4 is 15.4 Å². The molecule has 4 aliphatic rings. The summed E-state index contributed by atoms with van der Waals surface area (Å²) in [6.45, 7) is -0.0723. The molecule has 4 fully saturated rings. The molecule has 2 amide bonds. The van der Waals surface area contributed by atoms with Crippen molar-refractivity contribution in [3.05, 3.63) is 24.3 Å². The second kappa shape index (κ2) is 7.15. The lowest BCUT2D eigenvalue weighted by Crippen LogP contribution is -2.54. The largest absolute Gasteiger partial charge is 0.347 e. The molecule has 4 bridgehead atoms. The van der Waals surface area contributed by atoms with E-state index >= 15 is 0 Å². The molecule has 4 saturated carbocycles. The molecule has 0 spiro atoms. The number of hydrogen-bond donors (Lipinski definition) is 3. The van der Waals surface area contributed by atoms with Crippen LogP contribution in [-0.2, 0) is 19.6 Å². The molecule has 0 atom stereocenters. The first-order valence-corrected chi connectivity index (χ1v) is 11.4. The molecule has 5 rings (SSSR count). The molecule has 4 aliphatic carbocycles. The highest BCUT2D eigenvalue weighted by Crippen LogP contribution is 2.60. The lowest BCUT2D eigenvalue weighted by atomic mass is 9.49. The van der Waals surface area contributed by atoms with Crippen LogP contribution in [0.4, 0.5) is 5.69 Å². The van der Waals surface area contributed by atoms with Crippen molar-refractivity contribution in [2.75, 3.05) is 18.9 Å². The number of anilines is 1. The summed E-state index contributed by atoms with van der Waals surface area (Å²) in [5.41, 5.74) is 0.224. The first-order chi connectivity index (χ1) is 13.3. The highest BCUT2D eigenvalue weighted by Gasteiger charge is 2.54. The maximum atomic E-state index is 12.9. The fourth-order valence-electron chi connectivity index (χ4n) is 5.78. The van der Waals surface area contributed by atoms with Gasteiger partial charge in [0, 0.05) is 11.1 Å². The van der Waals surface area contributed by atoms with Crippen molar-refractivity contribution < 1.29 is 18.0 Å². The van der Waals surface area contributed by atoms with Gasteiger partial charge in [-0.2, -0.15) is 0 Å². The molecular weight excluding hydrogens is 378 g/mol. The topological polar surface area (TPSA) is 104 Å². The Morgan fingerprint density at radius 3 is 2.04 bits per heavy atom. The van der Waals surface area contributed by atoms with Crippen LogP contribution in [-0.4, -0.2) is 33.8 Å². The van der Waals surface area contributed by atoms with Gasteiger partial charge in [-0.05, 0) is 87.6 Å². The van der Waals surface area contributed by atoms with Crippen molar-refractivity contribution in [2.45, 2.75) is 43.4 Å². The Kier molecular flexibility index (Phi) is 4.95. The Labute approximate surface area is 165 Å². The SMILES string of the molecule is CNS(=O)(=O)c1ccc(NC(=O)CNC(=O)C23CC4CC(CC(C4)C2)C3)cc1. The Bertz CT molecular complexity index is 844. The van der Waals surface area contributed by atoms with Crippen LogP contribution in [0.1, 0.15) is 38.5 Å². The van der Waals surface area contributed by atoms with Gasteiger partial charge in [0.25, 0.3) is 0 Å². The van der Waals surface area contributed by atoms with Crippen LogP contribution >= 0.6 is 0 Å². The maximum Gasteiger partial charge on any atom is 0.243 e. The minimum atomic E-state index is -3.51. The zero-order valence-electron chi connectivity index (χ0n) is 16.0. The van der Waals surface area contributed by atoms with E-state index in [1.165, 1.54) is 50.6 Å². The van der Waals surface area contributed by atoms with Gasteiger partial charge in [-0.3, -0.25) is 9.59 Å². The number of nitrogens with one attached hydrogen (secondary N) is 3. The average Bonchev–Trinajstić information content (AvgIpc) is 2.65. The van der Waals surface area contributed by atoms with Crippen molar-refractivity contribution in [1.82, 2.24) is 10.0 Å². The second-order valence-electron chi connectivity index (χ2n) is 8.66. The summed E-state index contributed by atoms with van der Waals surface area (Å²) in [5, 5.41) is 5.55. The third-order valence-electron chi connectivity index (χ3n) is 6.65. The standard InChI is InChI=1S/C20H27N3O4S/c1-21-28(26,27)17-4-2-16(3-5-17)23-18(24)12-22-19(25)20-9-13-6-14(10-20)8-15(7-13)11-20/h2-5,13-15,21H,6-12H2,1H3,(H,22,25)(H,23,24). The van der Waals surface area contributed by atoms with Gasteiger partial charge in [-0.25, -0.2) is 13.1 Å². The molecular formula is C20H27N3O4S. The molecule has 0 heterocycles. The lowest BCUT2D eigenvalue weighted by molar-refractivity contribution is -0.146. The average molecular weight is 406 g/mol. The Morgan fingerprint density at radius 1 is 1.00 bits per heavy atom. The molecule has 0 radical (unpaired) electrons. The number of benzene rings is 1. The summed E-state index contributed by atoms with van der Waals surface area (Å²) < 4.78 is 25.7. The third-order valence-corrected chi connectivity index (χ3v) is 8.08. The maximum absolute atomic E-state index is 12.9. The zero-order chi connectivity index (χ0) is 19.9. The van der Waals surface area contributed by atoms with Crippen LogP contribution in [0.25, 0.3) is 0 Å². The minimum Gasteiger partial charge on any atom is -0.347 e. The molecule has 7 nitrogen and oxygen atoms in total. The molecule has 28 heavy (non-hydrogen) atoms. The van der Waals surface area contributed by atoms with Crippen molar-refractivity contribution in [3.63, 3.8) is 0 Å². The summed E-state index contributed by atoms with van der Waals surface area (Å²) in [6, 6.07) is 5.91. The van der Waals surface area contributed by atoms with Crippen molar-refractivity contribution in [1.29, 1.82) is 0 Å². The van der Waals surface area contributed by atoms with Crippen molar-refractivity contribution >= 4 is 27.5 Å². The molecule has 0 saturated heterocycles. The molecule has 152 valence electrons. The van der Waals surface area contributed by atoms with Gasteiger partial charge in [0.1, 0.15) is 0 Å². The van der Waals surface area contributed by atoms with Crippen LogP contribution in [0.3, 0.4) is 0 Å². The third kappa shape index (κ3) is 3.67. The van der Waals surface area contributed by atoms with Crippen molar-refractivity contribution in [3.8, 4) is 0 Å². The fourth-order valence-corrected chi connectivity index (χ4v) is 6.51. The molecule has 8 heteroatoms. The van der Waals surface area contributed by atoms with Crippen LogP contribution in [0.5, 0.6) is 0 Å². The molecule has 0 aliphatic heterocycles. The Morgan fingerprint density at radius 2 is 1.54 bits per heavy atom. The number of hydrogen-bond acceptors (Lipinski definition) is 4. The molecule has 3 N–H and O–H groups in total. The summed E-state index contributed by atoms with van der Waals surface area (Å²) in [4.78, 5) is 25.2. The quantitative estimate of drug-likeness (QED) is 0.672. The predicted octanol–water partition coefficient (Wildman–Crippen LogP) is 1.87. The van der Waals surface area contributed by atoms with E-state index in [1.807, 2.05) is 0 Å². The smallest absolute Gasteiger partial charge is 0.243 e. The van der Waals surface area contributed by atoms with Gasteiger partial charge in [-0.15, -0.1) is 0 Å².